The molecule has 4 rings (SSSR count). The number of amides is 1. The maximum Gasteiger partial charge on any atom is 0.289 e. The Morgan fingerprint density at radius 3 is 2.50 bits per heavy atom. The fourth-order valence-electron chi connectivity index (χ4n) is 3.19. The fraction of sp³-hybridized carbons (Fsp3) is 0.115. The molecular formula is C26H24N4O4. The summed E-state index contributed by atoms with van der Waals surface area (Å²) in [5, 5.41) is 11.0. The van der Waals surface area contributed by atoms with Crippen molar-refractivity contribution in [2.45, 2.75) is 6.61 Å². The fourth-order valence-corrected chi connectivity index (χ4v) is 3.19. The molecule has 0 spiro atoms. The monoisotopic (exact) mass is 456 g/mol. The van der Waals surface area contributed by atoms with Crippen LogP contribution in [0.1, 0.15) is 21.6 Å². The first-order valence-electron chi connectivity index (χ1n) is 10.5. The molecule has 172 valence electrons. The minimum absolute atomic E-state index is 0.296. The second-order valence-electron chi connectivity index (χ2n) is 7.28. The van der Waals surface area contributed by atoms with Crippen molar-refractivity contribution in [3.63, 3.8) is 0 Å². The number of carbonyl (C=O) groups excluding carboxylic acids is 1. The van der Waals surface area contributed by atoms with E-state index >= 15 is 0 Å². The first kappa shape index (κ1) is 22.6. The van der Waals surface area contributed by atoms with Crippen LogP contribution in [0.2, 0.25) is 0 Å². The highest BCUT2D eigenvalue weighted by Gasteiger charge is 2.11. The van der Waals surface area contributed by atoms with Gasteiger partial charge in [0.15, 0.2) is 11.5 Å². The molecule has 0 aliphatic carbocycles. The summed E-state index contributed by atoms with van der Waals surface area (Å²) in [4.78, 5) is 12.4. The lowest BCUT2D eigenvalue weighted by atomic mass is 10.1. The van der Waals surface area contributed by atoms with Gasteiger partial charge in [0.05, 0.1) is 26.1 Å². The van der Waals surface area contributed by atoms with Gasteiger partial charge in [-0.2, -0.15) is 10.2 Å². The first-order chi connectivity index (χ1) is 16.7. The molecule has 1 amide bonds. The van der Waals surface area contributed by atoms with Crippen LogP contribution in [-0.4, -0.2) is 36.5 Å². The maximum absolute atomic E-state index is 12.4. The molecule has 4 aromatic rings. The SMILES string of the molecule is COc1ccc(-c2cc(C(=O)N/N=C/c3ccc(OCc4ccccc4)c(OC)c3)[nH]n2)cc1. The van der Waals surface area contributed by atoms with Gasteiger partial charge in [0, 0.05) is 5.56 Å². The van der Waals surface area contributed by atoms with Gasteiger partial charge >= 0.3 is 0 Å². The van der Waals surface area contributed by atoms with Crippen LogP contribution in [-0.2, 0) is 6.61 Å². The van der Waals surface area contributed by atoms with Gasteiger partial charge in [0.1, 0.15) is 18.1 Å². The molecule has 0 unspecified atom stereocenters. The lowest BCUT2D eigenvalue weighted by Crippen LogP contribution is -2.18. The van der Waals surface area contributed by atoms with Crippen LogP contribution in [0.4, 0.5) is 0 Å². The molecule has 0 fully saturated rings. The molecular weight excluding hydrogens is 432 g/mol. The van der Waals surface area contributed by atoms with E-state index in [1.807, 2.05) is 60.7 Å². The van der Waals surface area contributed by atoms with E-state index in [1.54, 1.807) is 32.4 Å². The second-order valence-corrected chi connectivity index (χ2v) is 7.28. The predicted molar refractivity (Wildman–Crippen MR) is 129 cm³/mol. The number of hydrazone groups is 1. The van der Waals surface area contributed by atoms with Crippen molar-refractivity contribution in [2.24, 2.45) is 5.10 Å². The summed E-state index contributed by atoms with van der Waals surface area (Å²) in [6.07, 6.45) is 1.53. The molecule has 0 saturated carbocycles. The van der Waals surface area contributed by atoms with Gasteiger partial charge in [-0.25, -0.2) is 5.43 Å². The number of aromatic nitrogens is 2. The van der Waals surface area contributed by atoms with E-state index in [0.29, 0.717) is 29.5 Å². The Bertz CT molecular complexity index is 1270. The van der Waals surface area contributed by atoms with Crippen LogP contribution in [0.3, 0.4) is 0 Å². The molecule has 0 bridgehead atoms. The zero-order chi connectivity index (χ0) is 23.8. The number of hydrogen-bond acceptors (Lipinski definition) is 6. The highest BCUT2D eigenvalue weighted by Crippen LogP contribution is 2.28. The van der Waals surface area contributed by atoms with E-state index in [0.717, 1.165) is 22.4 Å². The predicted octanol–water partition coefficient (Wildman–Crippen LogP) is 4.44. The lowest BCUT2D eigenvalue weighted by molar-refractivity contribution is 0.0950. The Labute approximate surface area is 197 Å². The number of nitrogens with one attached hydrogen (secondary N) is 2. The average molecular weight is 457 g/mol. The van der Waals surface area contributed by atoms with Crippen LogP contribution in [0.25, 0.3) is 11.3 Å². The minimum Gasteiger partial charge on any atom is -0.497 e. The normalized spacial score (nSPS) is 10.8. The number of aromatic amines is 1. The van der Waals surface area contributed by atoms with E-state index in [-0.39, 0.29) is 0 Å². The van der Waals surface area contributed by atoms with Crippen LogP contribution in [0.5, 0.6) is 17.2 Å². The molecule has 8 nitrogen and oxygen atoms in total. The minimum atomic E-state index is -0.404. The zero-order valence-corrected chi connectivity index (χ0v) is 18.8. The Morgan fingerprint density at radius 1 is 0.971 bits per heavy atom. The highest BCUT2D eigenvalue weighted by molar-refractivity contribution is 5.94. The van der Waals surface area contributed by atoms with E-state index in [9.17, 15) is 4.79 Å². The molecule has 1 aromatic heterocycles. The summed E-state index contributed by atoms with van der Waals surface area (Å²) < 4.78 is 16.5. The molecule has 0 aliphatic heterocycles. The molecule has 0 atom stereocenters. The Kier molecular flexibility index (Phi) is 7.19. The topological polar surface area (TPSA) is 97.8 Å². The third kappa shape index (κ3) is 5.60. The molecule has 1 heterocycles. The van der Waals surface area contributed by atoms with Crippen molar-refractivity contribution in [3.8, 4) is 28.5 Å². The molecule has 0 saturated heterocycles. The van der Waals surface area contributed by atoms with Gasteiger partial charge in [-0.15, -0.1) is 0 Å². The van der Waals surface area contributed by atoms with E-state index in [4.69, 9.17) is 14.2 Å². The summed E-state index contributed by atoms with van der Waals surface area (Å²) in [6, 6.07) is 24.4. The van der Waals surface area contributed by atoms with Gasteiger partial charge in [0.2, 0.25) is 0 Å². The van der Waals surface area contributed by atoms with Crippen LogP contribution in [0, 0.1) is 0 Å². The van der Waals surface area contributed by atoms with Gasteiger partial charge < -0.3 is 14.2 Å². The Morgan fingerprint density at radius 2 is 1.76 bits per heavy atom. The van der Waals surface area contributed by atoms with E-state index in [1.165, 1.54) is 6.21 Å². The maximum atomic E-state index is 12.4. The number of carbonyl (C=O) groups is 1. The molecule has 2 N–H and O–H groups in total. The summed E-state index contributed by atoms with van der Waals surface area (Å²) in [6.45, 7) is 0.434. The molecule has 0 aliphatic rings. The van der Waals surface area contributed by atoms with Crippen molar-refractivity contribution < 1.29 is 19.0 Å². The van der Waals surface area contributed by atoms with Crippen LogP contribution >= 0.6 is 0 Å². The number of H-pyrrole nitrogens is 1. The zero-order valence-electron chi connectivity index (χ0n) is 18.8. The van der Waals surface area contributed by atoms with Crippen molar-refractivity contribution in [1.29, 1.82) is 0 Å². The number of benzene rings is 3. The van der Waals surface area contributed by atoms with Crippen molar-refractivity contribution in [1.82, 2.24) is 15.6 Å². The summed E-state index contributed by atoms with van der Waals surface area (Å²) in [5.41, 5.74) is 6.11. The van der Waals surface area contributed by atoms with Crippen molar-refractivity contribution >= 4 is 12.1 Å². The second kappa shape index (κ2) is 10.8. The Balaban J connectivity index is 1.36. The molecule has 3 aromatic carbocycles. The highest BCUT2D eigenvalue weighted by atomic mass is 16.5. The third-order valence-electron chi connectivity index (χ3n) is 5.01. The molecule has 0 radical (unpaired) electrons. The number of methoxy groups -OCH3 is 2. The smallest absolute Gasteiger partial charge is 0.289 e. The summed E-state index contributed by atoms with van der Waals surface area (Å²) >= 11 is 0. The Hall–Kier alpha value is -4.59. The summed E-state index contributed by atoms with van der Waals surface area (Å²) in [7, 11) is 3.18. The number of ether oxygens (including phenoxy) is 3. The standard InChI is InChI=1S/C26H24N4O4/c1-32-21-11-9-20(10-12-21)22-15-23(29-28-22)26(31)30-27-16-19-8-13-24(25(14-19)33-2)34-17-18-6-4-3-5-7-18/h3-16H,17H2,1-2H3,(H,28,29)(H,30,31)/b27-16+. The molecule has 34 heavy (non-hydrogen) atoms. The average Bonchev–Trinajstić information content (AvgIpc) is 3.39. The van der Waals surface area contributed by atoms with E-state index < -0.39 is 5.91 Å². The van der Waals surface area contributed by atoms with Gasteiger partial charge in [-0.3, -0.25) is 9.89 Å². The van der Waals surface area contributed by atoms with E-state index in [2.05, 4.69) is 20.7 Å². The largest absolute Gasteiger partial charge is 0.497 e. The van der Waals surface area contributed by atoms with Crippen molar-refractivity contribution in [3.05, 3.63) is 95.7 Å². The molecule has 8 heteroatoms. The first-order valence-corrected chi connectivity index (χ1v) is 10.5. The van der Waals surface area contributed by atoms with Gasteiger partial charge in [0.25, 0.3) is 5.91 Å². The quantitative estimate of drug-likeness (QED) is 0.287. The van der Waals surface area contributed by atoms with Gasteiger partial charge in [-0.05, 0) is 59.7 Å². The number of rotatable bonds is 9. The van der Waals surface area contributed by atoms with Crippen molar-refractivity contribution in [2.75, 3.05) is 14.2 Å². The number of hydrogen-bond donors (Lipinski definition) is 2. The van der Waals surface area contributed by atoms with Gasteiger partial charge in [-0.1, -0.05) is 30.3 Å². The van der Waals surface area contributed by atoms with Crippen LogP contribution in [0.15, 0.2) is 84.0 Å². The number of nitrogens with zero attached hydrogens (tertiary/aromatic N) is 2. The lowest BCUT2D eigenvalue weighted by Gasteiger charge is -2.11. The van der Waals surface area contributed by atoms with Crippen LogP contribution < -0.4 is 19.6 Å². The summed E-state index contributed by atoms with van der Waals surface area (Å²) in [5.74, 6) is 1.54. The third-order valence-corrected chi connectivity index (χ3v) is 5.01.